The normalized spacial score (nSPS) is 12.2. The second kappa shape index (κ2) is 14.9. The summed E-state index contributed by atoms with van der Waals surface area (Å²) < 4.78 is 6.35. The summed E-state index contributed by atoms with van der Waals surface area (Å²) in [6.45, 7) is 0. The molecule has 0 spiro atoms. The Morgan fingerprint density at radius 1 is 0.232 bits per heavy atom. The maximum Gasteiger partial charge on any atom is 0.127 e. The quantitative estimate of drug-likeness (QED) is 0.194. The van der Waals surface area contributed by atoms with Crippen LogP contribution in [0.15, 0.2) is 126 Å². The Morgan fingerprint density at radius 3 is 1.03 bits per heavy atom. The molecule has 0 atom stereocenters. The van der Waals surface area contributed by atoms with E-state index in [1.165, 1.54) is 0 Å². The van der Waals surface area contributed by atoms with Gasteiger partial charge in [0.15, 0.2) is 0 Å². The van der Waals surface area contributed by atoms with Crippen LogP contribution in [0.4, 0.5) is 0 Å². The predicted octanol–water partition coefficient (Wildman–Crippen LogP) is 1.57. The molecule has 69 heavy (non-hydrogen) atoms. The second-order valence-corrected chi connectivity index (χ2v) is 18.1. The number of rotatable bonds is 4. The highest BCUT2D eigenvalue weighted by atomic mass is 16.3. The summed E-state index contributed by atoms with van der Waals surface area (Å²) in [4.78, 5) is 0. The van der Waals surface area contributed by atoms with Crippen molar-refractivity contribution in [2.75, 3.05) is 0 Å². The molecule has 1 aromatic heterocycles. The Hall–Kier alpha value is -6.70. The number of fused-ring (bicyclic) bond motifs is 3. The first-order valence-corrected chi connectivity index (χ1v) is 22.2. The summed E-state index contributed by atoms with van der Waals surface area (Å²) in [5.74, 6) is 0. The largest absolute Gasteiger partial charge is 0.457 e. The summed E-state index contributed by atoms with van der Waals surface area (Å²) in [7, 11) is 81.8. The predicted molar refractivity (Wildman–Crippen MR) is 308 cm³/mol. The fraction of sp³-hybridized carbons (Fsp3) is 0. The fourth-order valence-corrected chi connectivity index (χ4v) is 11.2. The van der Waals surface area contributed by atoms with Gasteiger partial charge in [-0.15, -0.1) is 27.3 Å². The molecular weight excluding hydrogens is 818 g/mol. The highest BCUT2D eigenvalue weighted by molar-refractivity contribution is 6.70. The monoisotopic (exact) mass is 840 g/mol. The van der Waals surface area contributed by atoms with Crippen LogP contribution in [0.5, 0.6) is 0 Å². The van der Waals surface area contributed by atoms with E-state index in [9.17, 15) is 0 Å². The lowest BCUT2D eigenvalue weighted by Crippen LogP contribution is -2.55. The van der Waals surface area contributed by atoms with Crippen molar-refractivity contribution < 1.29 is 4.42 Å². The van der Waals surface area contributed by atoms with Crippen molar-refractivity contribution in [2.45, 2.75) is 0 Å². The smallest absolute Gasteiger partial charge is 0.127 e. The molecule has 0 aliphatic rings. The minimum Gasteiger partial charge on any atom is -0.457 e. The molecule has 286 valence electrons. The van der Waals surface area contributed by atoms with E-state index in [1.54, 1.807) is 0 Å². The number of benzene rings is 12. The first-order chi connectivity index (χ1) is 33.2. The van der Waals surface area contributed by atoms with E-state index in [1.807, 2.05) is 6.07 Å². The SMILES string of the molecule is [B]c1c([B])c([B])c(-c2cc(-c3c([B])c([B])c4oc5c([B])c([B])c([B])c([B])c5c4c3[B])c(-c3ccc4ccc5cccc6ccc3c4c56)cc2-c2ccc3ccc4cccc5ccc2c3c45)c([B])c1[B]. The first kappa shape index (κ1) is 42.4. The summed E-state index contributed by atoms with van der Waals surface area (Å²) in [5.41, 5.74) is 6.91. The average molecular weight is 839 g/mol. The summed E-state index contributed by atoms with van der Waals surface area (Å²) in [6.07, 6.45) is 0. The van der Waals surface area contributed by atoms with Gasteiger partial charge in [0.25, 0.3) is 0 Å². The first-order valence-electron chi connectivity index (χ1n) is 22.2. The molecular formula is C56H20B12O. The maximum absolute atomic E-state index is 7.47. The number of hydrogen-bond acceptors (Lipinski definition) is 1. The van der Waals surface area contributed by atoms with Crippen molar-refractivity contribution in [3.05, 3.63) is 121 Å². The molecule has 1 heterocycles. The molecule has 0 aliphatic heterocycles. The average Bonchev–Trinajstić information content (AvgIpc) is 3.78. The molecule has 13 aromatic rings. The molecule has 0 bridgehead atoms. The van der Waals surface area contributed by atoms with Crippen LogP contribution in [0.2, 0.25) is 0 Å². The molecule has 0 saturated carbocycles. The third kappa shape index (κ3) is 5.65. The van der Waals surface area contributed by atoms with Gasteiger partial charge in [-0.3, -0.25) is 0 Å². The van der Waals surface area contributed by atoms with Crippen molar-refractivity contribution in [1.82, 2.24) is 0 Å². The van der Waals surface area contributed by atoms with Crippen LogP contribution in [-0.2, 0) is 0 Å². The summed E-state index contributed by atoms with van der Waals surface area (Å²) in [6, 6.07) is 42.6. The highest BCUT2D eigenvalue weighted by Crippen LogP contribution is 2.48. The van der Waals surface area contributed by atoms with Crippen LogP contribution in [0, 0.1) is 0 Å². The summed E-state index contributed by atoms with van der Waals surface area (Å²) in [5, 5.41) is 13.9. The van der Waals surface area contributed by atoms with Gasteiger partial charge in [0.2, 0.25) is 0 Å². The molecule has 13 rings (SSSR count). The van der Waals surface area contributed by atoms with Crippen LogP contribution < -0.4 is 65.6 Å². The fourth-order valence-electron chi connectivity index (χ4n) is 11.2. The lowest BCUT2D eigenvalue weighted by molar-refractivity contribution is 0.675. The second-order valence-electron chi connectivity index (χ2n) is 18.1. The van der Waals surface area contributed by atoms with Crippen molar-refractivity contribution in [1.29, 1.82) is 0 Å². The van der Waals surface area contributed by atoms with Crippen molar-refractivity contribution in [3.63, 3.8) is 0 Å². The summed E-state index contributed by atoms with van der Waals surface area (Å²) >= 11 is 0. The van der Waals surface area contributed by atoms with Crippen LogP contribution in [0.3, 0.4) is 0 Å². The Kier molecular flexibility index (Phi) is 9.16. The topological polar surface area (TPSA) is 13.1 Å². The van der Waals surface area contributed by atoms with E-state index in [4.69, 9.17) is 98.6 Å². The van der Waals surface area contributed by atoms with Crippen LogP contribution in [0.1, 0.15) is 0 Å². The van der Waals surface area contributed by atoms with Crippen molar-refractivity contribution in [3.8, 4) is 44.5 Å². The minimum absolute atomic E-state index is 0.0740. The molecule has 0 aliphatic carbocycles. The Bertz CT molecular complexity index is 4400. The van der Waals surface area contributed by atoms with Crippen LogP contribution in [-0.4, -0.2) is 94.2 Å². The van der Waals surface area contributed by atoms with Crippen molar-refractivity contribution >= 4 is 246 Å². The molecule has 12 aromatic carbocycles. The van der Waals surface area contributed by atoms with Crippen LogP contribution in [0.25, 0.3) is 131 Å². The lowest BCUT2D eigenvalue weighted by atomic mass is 9.59. The lowest BCUT2D eigenvalue weighted by Gasteiger charge is -2.27. The van der Waals surface area contributed by atoms with Gasteiger partial charge in [-0.05, 0) is 121 Å². The van der Waals surface area contributed by atoms with E-state index >= 15 is 0 Å². The number of furan rings is 1. The third-order valence-electron chi connectivity index (χ3n) is 14.7. The van der Waals surface area contributed by atoms with Crippen molar-refractivity contribution in [2.24, 2.45) is 0 Å². The molecule has 13 heteroatoms. The maximum atomic E-state index is 7.47. The highest BCUT2D eigenvalue weighted by Gasteiger charge is 2.27. The minimum atomic E-state index is 0.0740. The van der Waals surface area contributed by atoms with Gasteiger partial charge in [-0.25, -0.2) is 0 Å². The van der Waals surface area contributed by atoms with Gasteiger partial charge < -0.3 is 4.42 Å². The molecule has 0 saturated heterocycles. The van der Waals surface area contributed by atoms with E-state index < -0.39 is 0 Å². The van der Waals surface area contributed by atoms with Gasteiger partial charge in [-0.1, -0.05) is 147 Å². The van der Waals surface area contributed by atoms with E-state index in [2.05, 4.69) is 115 Å². The number of hydrogen-bond donors (Lipinski definition) is 0. The standard InChI is InChI=1S/C56H20B12O/c57-43-39(46(60)53(67)55-41(43)42-47(61)50(64)52(66)54(68)56(42)69-55)33-20-34(40-44(58)48(62)51(65)49(63)45(40)59)32(28-16-12-26-10-8-22-4-2-6-24-14-18-30(28)38(26)36(22)24)19-31(33)27-15-11-25-9-7-21-3-1-5-23-13-17-29(27)37(25)35(21)23/h1-20H. The molecule has 0 amide bonds. The zero-order valence-electron chi connectivity index (χ0n) is 36.9. The molecule has 24 radical (unpaired) electrons. The molecule has 0 unspecified atom stereocenters. The van der Waals surface area contributed by atoms with Gasteiger partial charge in [0.1, 0.15) is 105 Å². The van der Waals surface area contributed by atoms with Gasteiger partial charge in [0, 0.05) is 10.8 Å². The Labute approximate surface area is 414 Å². The Balaban J connectivity index is 1.25. The Morgan fingerprint density at radius 2 is 0.551 bits per heavy atom. The van der Waals surface area contributed by atoms with Gasteiger partial charge in [-0.2, -0.15) is 0 Å². The molecule has 0 N–H and O–H groups in total. The molecule has 0 fully saturated rings. The van der Waals surface area contributed by atoms with Crippen LogP contribution >= 0.6 is 0 Å². The van der Waals surface area contributed by atoms with Gasteiger partial charge >= 0.3 is 0 Å². The third-order valence-corrected chi connectivity index (χ3v) is 14.7. The zero-order valence-corrected chi connectivity index (χ0v) is 36.9. The molecule has 1 nitrogen and oxygen atoms in total. The van der Waals surface area contributed by atoms with E-state index in [0.29, 0.717) is 33.0 Å². The van der Waals surface area contributed by atoms with E-state index in [0.717, 1.165) is 86.9 Å². The van der Waals surface area contributed by atoms with Gasteiger partial charge in [0.05, 0.1) is 0 Å². The van der Waals surface area contributed by atoms with E-state index in [-0.39, 0.29) is 76.7 Å². The zero-order chi connectivity index (χ0) is 47.6.